The number of carbonyl (C=O) groups is 1. The SMILES string of the molecule is CC1(C)[C@@H]2CC[C@]13CS(=O)(=O)N(C(=O)[C@H]1CC[C@]45CCCC[C@H]4C([Si](C)(C)C)ON15)[C@@H]3C2. The molecule has 3 saturated carbocycles. The third kappa shape index (κ3) is 2.48. The zero-order valence-electron chi connectivity index (χ0n) is 20.4. The van der Waals surface area contributed by atoms with Crippen LogP contribution in [0.5, 0.6) is 0 Å². The first-order chi connectivity index (χ1) is 14.9. The number of nitrogens with zero attached hydrogens (tertiary/aromatic N) is 2. The molecule has 6 fully saturated rings. The van der Waals surface area contributed by atoms with Crippen LogP contribution in [0.25, 0.3) is 0 Å². The first-order valence-corrected chi connectivity index (χ1v) is 18.1. The van der Waals surface area contributed by atoms with Gasteiger partial charge in [-0.25, -0.2) is 12.7 Å². The van der Waals surface area contributed by atoms with Crippen molar-refractivity contribution in [3.8, 4) is 0 Å². The number of hydrogen-bond donors (Lipinski definition) is 0. The Morgan fingerprint density at radius 2 is 1.78 bits per heavy atom. The molecule has 7 atom stereocenters. The molecule has 0 radical (unpaired) electrons. The Bertz CT molecular complexity index is 962. The topological polar surface area (TPSA) is 66.9 Å². The standard InChI is InChI=1S/C24H40N2O4SSi/c1-22(2)16-9-12-23(22)15-31(28,29)25(19(23)14-16)20(27)18-10-13-24-11-7-6-8-17(24)21(30-26(18)24)32(3,4)5/h16-19,21H,6-15H2,1-5H3/t16-,17+,18-,19-,21?,23-,24-/m1/s1. The fraction of sp³-hybridized carbons (Fsp3) is 0.958. The summed E-state index contributed by atoms with van der Waals surface area (Å²) in [4.78, 5) is 20.8. The molecule has 180 valence electrons. The Balaban J connectivity index is 1.35. The smallest absolute Gasteiger partial charge is 0.256 e. The van der Waals surface area contributed by atoms with Crippen molar-refractivity contribution in [1.29, 1.82) is 0 Å². The Labute approximate surface area is 194 Å². The van der Waals surface area contributed by atoms with E-state index in [0.29, 0.717) is 11.8 Å². The summed E-state index contributed by atoms with van der Waals surface area (Å²) in [5.74, 6) is 0.977. The van der Waals surface area contributed by atoms with Gasteiger partial charge in [0.25, 0.3) is 5.91 Å². The molecule has 1 amide bonds. The van der Waals surface area contributed by atoms with Crippen LogP contribution in [0.15, 0.2) is 0 Å². The van der Waals surface area contributed by atoms with Crippen molar-refractivity contribution in [1.82, 2.24) is 9.37 Å². The van der Waals surface area contributed by atoms with Gasteiger partial charge in [0.2, 0.25) is 10.0 Å². The molecule has 3 aliphatic carbocycles. The summed E-state index contributed by atoms with van der Waals surface area (Å²) in [6, 6.07) is -0.591. The van der Waals surface area contributed by atoms with Crippen molar-refractivity contribution in [3.63, 3.8) is 0 Å². The highest BCUT2D eigenvalue weighted by Gasteiger charge is 2.73. The Kier molecular flexibility index (Phi) is 4.41. The molecule has 0 aromatic carbocycles. The van der Waals surface area contributed by atoms with E-state index in [2.05, 4.69) is 38.6 Å². The number of hydrogen-bond acceptors (Lipinski definition) is 5. The minimum absolute atomic E-state index is 0.0157. The van der Waals surface area contributed by atoms with Crippen LogP contribution < -0.4 is 0 Å². The van der Waals surface area contributed by atoms with Crippen LogP contribution in [-0.2, 0) is 19.7 Å². The molecule has 3 saturated heterocycles. The van der Waals surface area contributed by atoms with Crippen molar-refractivity contribution in [2.24, 2.45) is 22.7 Å². The summed E-state index contributed by atoms with van der Waals surface area (Å²) in [6.07, 6.45) is 9.25. The van der Waals surface area contributed by atoms with Gasteiger partial charge in [0, 0.05) is 11.3 Å². The Morgan fingerprint density at radius 3 is 2.47 bits per heavy atom. The van der Waals surface area contributed by atoms with Crippen LogP contribution in [-0.4, -0.2) is 60.9 Å². The van der Waals surface area contributed by atoms with E-state index in [9.17, 15) is 13.2 Å². The van der Waals surface area contributed by atoms with Gasteiger partial charge in [-0.05, 0) is 56.3 Å². The molecule has 2 bridgehead atoms. The van der Waals surface area contributed by atoms with Crippen molar-refractivity contribution in [2.45, 2.75) is 115 Å². The minimum atomic E-state index is -3.59. The highest BCUT2D eigenvalue weighted by molar-refractivity contribution is 7.90. The maximum absolute atomic E-state index is 14.1. The second kappa shape index (κ2) is 6.41. The fourth-order valence-corrected chi connectivity index (χ4v) is 14.0. The van der Waals surface area contributed by atoms with Gasteiger partial charge in [-0.15, -0.1) is 0 Å². The molecular weight excluding hydrogens is 440 g/mol. The van der Waals surface area contributed by atoms with Gasteiger partial charge in [-0.1, -0.05) is 46.3 Å². The summed E-state index contributed by atoms with van der Waals surface area (Å²) >= 11 is 0. The number of fused-ring (bicyclic) bond motifs is 1. The first kappa shape index (κ1) is 22.0. The molecule has 0 aromatic rings. The normalized spacial score (nSPS) is 48.7. The van der Waals surface area contributed by atoms with Crippen molar-refractivity contribution in [2.75, 3.05) is 5.75 Å². The molecule has 1 unspecified atom stereocenters. The summed E-state index contributed by atoms with van der Waals surface area (Å²) in [6.45, 7) is 11.6. The highest BCUT2D eigenvalue weighted by Crippen LogP contribution is 2.70. The average molecular weight is 481 g/mol. The van der Waals surface area contributed by atoms with Gasteiger partial charge in [0.05, 0.1) is 31.1 Å². The monoisotopic (exact) mass is 480 g/mol. The zero-order valence-corrected chi connectivity index (χ0v) is 22.2. The predicted molar refractivity (Wildman–Crippen MR) is 126 cm³/mol. The van der Waals surface area contributed by atoms with E-state index in [0.717, 1.165) is 38.5 Å². The zero-order chi connectivity index (χ0) is 22.9. The summed E-state index contributed by atoms with van der Waals surface area (Å²) in [5, 5.41) is 2.07. The molecule has 32 heavy (non-hydrogen) atoms. The minimum Gasteiger partial charge on any atom is -0.298 e. The molecule has 0 N–H and O–H groups in total. The highest BCUT2D eigenvalue weighted by atomic mass is 32.2. The van der Waals surface area contributed by atoms with E-state index in [1.165, 1.54) is 23.6 Å². The van der Waals surface area contributed by atoms with E-state index < -0.39 is 24.1 Å². The van der Waals surface area contributed by atoms with Crippen molar-refractivity contribution < 1.29 is 18.0 Å². The van der Waals surface area contributed by atoms with E-state index in [-0.39, 0.29) is 39.8 Å². The Morgan fingerprint density at radius 1 is 1.03 bits per heavy atom. The molecule has 2 spiro atoms. The lowest BCUT2D eigenvalue weighted by atomic mass is 9.69. The largest absolute Gasteiger partial charge is 0.298 e. The lowest BCUT2D eigenvalue weighted by Gasteiger charge is -2.41. The molecule has 3 aliphatic heterocycles. The third-order valence-corrected chi connectivity index (χ3v) is 15.1. The molecule has 6 nitrogen and oxygen atoms in total. The molecule has 0 aromatic heterocycles. The lowest BCUT2D eigenvalue weighted by Crippen LogP contribution is -2.54. The van der Waals surface area contributed by atoms with Crippen LogP contribution in [0.2, 0.25) is 19.6 Å². The van der Waals surface area contributed by atoms with E-state index >= 15 is 0 Å². The first-order valence-electron chi connectivity index (χ1n) is 12.9. The number of amides is 1. The summed E-state index contributed by atoms with van der Waals surface area (Å²) in [7, 11) is -5.18. The van der Waals surface area contributed by atoms with E-state index in [1.807, 2.05) is 0 Å². The molecule has 3 heterocycles. The van der Waals surface area contributed by atoms with Gasteiger partial charge in [-0.2, -0.15) is 5.06 Å². The summed E-state index contributed by atoms with van der Waals surface area (Å²) < 4.78 is 28.4. The predicted octanol–water partition coefficient (Wildman–Crippen LogP) is 3.94. The average Bonchev–Trinajstić information content (AvgIpc) is 3.38. The number of hydroxylamine groups is 2. The van der Waals surface area contributed by atoms with E-state index in [1.54, 1.807) is 0 Å². The fourth-order valence-electron chi connectivity index (χ4n) is 9.28. The number of rotatable bonds is 2. The van der Waals surface area contributed by atoms with Gasteiger partial charge < -0.3 is 0 Å². The van der Waals surface area contributed by atoms with Crippen LogP contribution in [0.4, 0.5) is 0 Å². The second-order valence-corrected chi connectivity index (χ2v) is 20.6. The van der Waals surface area contributed by atoms with Crippen molar-refractivity contribution in [3.05, 3.63) is 0 Å². The van der Waals surface area contributed by atoms with Crippen LogP contribution >= 0.6 is 0 Å². The van der Waals surface area contributed by atoms with Gasteiger partial charge in [0.15, 0.2) is 0 Å². The summed E-state index contributed by atoms with van der Waals surface area (Å²) in [5.41, 5.74) is -0.110. The maximum Gasteiger partial charge on any atom is 0.256 e. The van der Waals surface area contributed by atoms with Crippen LogP contribution in [0.1, 0.15) is 71.6 Å². The quantitative estimate of drug-likeness (QED) is 0.560. The Hall–Kier alpha value is -0.443. The maximum atomic E-state index is 14.1. The van der Waals surface area contributed by atoms with Gasteiger partial charge in [0.1, 0.15) is 6.04 Å². The molecule has 8 heteroatoms. The van der Waals surface area contributed by atoms with Gasteiger partial charge >= 0.3 is 0 Å². The second-order valence-electron chi connectivity index (χ2n) is 13.5. The lowest BCUT2D eigenvalue weighted by molar-refractivity contribution is -0.191. The number of sulfonamides is 1. The number of carbonyl (C=O) groups excluding carboxylic acids is 1. The van der Waals surface area contributed by atoms with Crippen LogP contribution in [0.3, 0.4) is 0 Å². The van der Waals surface area contributed by atoms with Gasteiger partial charge in [-0.3, -0.25) is 9.63 Å². The van der Waals surface area contributed by atoms with E-state index in [4.69, 9.17) is 4.84 Å². The molecular formula is C24H40N2O4SSi. The molecule has 6 rings (SSSR count). The van der Waals surface area contributed by atoms with Crippen LogP contribution in [0, 0.1) is 22.7 Å². The third-order valence-electron chi connectivity index (χ3n) is 11.0. The van der Waals surface area contributed by atoms with Crippen molar-refractivity contribution >= 4 is 24.0 Å². The molecule has 6 aliphatic rings.